The van der Waals surface area contributed by atoms with Crippen molar-refractivity contribution < 1.29 is 9.90 Å². The Morgan fingerprint density at radius 1 is 1.37 bits per heavy atom. The molecule has 1 atom stereocenters. The Bertz CT molecular complexity index is 857. The molecule has 0 spiro atoms. The number of carboxylic acid groups (broad SMARTS) is 1. The van der Waals surface area contributed by atoms with Gasteiger partial charge in [0.15, 0.2) is 0 Å². The van der Waals surface area contributed by atoms with Crippen molar-refractivity contribution in [1.82, 2.24) is 0 Å². The van der Waals surface area contributed by atoms with Gasteiger partial charge in [-0.05, 0) is 16.4 Å². The zero-order valence-corrected chi connectivity index (χ0v) is 10.2. The molecule has 0 fully saturated rings. The summed E-state index contributed by atoms with van der Waals surface area (Å²) < 4.78 is 0. The van der Waals surface area contributed by atoms with Gasteiger partial charge in [0.2, 0.25) is 0 Å². The second-order valence-electron chi connectivity index (χ2n) is 4.92. The molecular formula is C15H10N2O2. The number of allylic oxidation sites excluding steroid dienone is 1. The minimum atomic E-state index is -0.878. The number of hydrogen-bond donors (Lipinski definition) is 1. The van der Waals surface area contributed by atoms with Gasteiger partial charge in [-0.15, -0.1) is 5.11 Å². The summed E-state index contributed by atoms with van der Waals surface area (Å²) in [4.78, 5) is 11.4. The predicted octanol–water partition coefficient (Wildman–Crippen LogP) is 1.43. The number of aliphatic carboxylic acids is 1. The van der Waals surface area contributed by atoms with Gasteiger partial charge in [0.05, 0.1) is 11.8 Å². The maximum atomic E-state index is 11.4. The van der Waals surface area contributed by atoms with Crippen LogP contribution in [0.15, 0.2) is 46.3 Å². The Morgan fingerprint density at radius 2 is 2.21 bits per heavy atom. The second-order valence-corrected chi connectivity index (χ2v) is 4.92. The molecule has 0 radical (unpaired) electrons. The van der Waals surface area contributed by atoms with Crippen molar-refractivity contribution in [1.29, 1.82) is 0 Å². The maximum absolute atomic E-state index is 11.4. The van der Waals surface area contributed by atoms with E-state index in [0.717, 1.165) is 32.8 Å². The Morgan fingerprint density at radius 3 is 3.00 bits per heavy atom. The van der Waals surface area contributed by atoms with Gasteiger partial charge in [-0.25, -0.2) is 4.79 Å². The molecule has 1 heterocycles. The molecular weight excluding hydrogens is 240 g/mol. The van der Waals surface area contributed by atoms with Crippen LogP contribution in [0, 0.1) is 5.92 Å². The van der Waals surface area contributed by atoms with E-state index in [-0.39, 0.29) is 5.92 Å². The number of carbonyl (C=O) groups is 1. The highest BCUT2D eigenvalue weighted by Gasteiger charge is 2.31. The zero-order valence-electron chi connectivity index (χ0n) is 10.2. The molecule has 1 unspecified atom stereocenters. The third-order valence-corrected chi connectivity index (χ3v) is 3.87. The van der Waals surface area contributed by atoms with E-state index in [1.165, 1.54) is 0 Å². The first-order valence-electron chi connectivity index (χ1n) is 6.13. The first kappa shape index (κ1) is 10.4. The predicted molar refractivity (Wildman–Crippen MR) is 70.2 cm³/mol. The minimum absolute atomic E-state index is 0.0620. The lowest BCUT2D eigenvalue weighted by molar-refractivity contribution is -0.130. The Hall–Kier alpha value is -2.49. The lowest BCUT2D eigenvalue weighted by atomic mass is 9.85. The lowest BCUT2D eigenvalue weighted by Gasteiger charge is -2.18. The van der Waals surface area contributed by atoms with Gasteiger partial charge in [-0.3, -0.25) is 0 Å². The molecule has 4 nitrogen and oxygen atoms in total. The fourth-order valence-electron chi connectivity index (χ4n) is 3.14. The van der Waals surface area contributed by atoms with E-state index < -0.39 is 5.97 Å². The Balaban J connectivity index is 2.22. The van der Waals surface area contributed by atoms with E-state index in [4.69, 9.17) is 0 Å². The molecule has 3 aliphatic rings. The van der Waals surface area contributed by atoms with E-state index >= 15 is 0 Å². The fourth-order valence-corrected chi connectivity index (χ4v) is 3.14. The van der Waals surface area contributed by atoms with Crippen LogP contribution < -0.4 is 10.4 Å². The van der Waals surface area contributed by atoms with Gasteiger partial charge in [0.25, 0.3) is 0 Å². The average molecular weight is 250 g/mol. The van der Waals surface area contributed by atoms with Crippen LogP contribution in [0.3, 0.4) is 0 Å². The normalized spacial score (nSPS) is 22.1. The SMILES string of the molecule is CC1C=C(C(=O)O)c2cccc3c2=C1C1=CN=NC=31. The third-order valence-electron chi connectivity index (χ3n) is 3.87. The van der Waals surface area contributed by atoms with Gasteiger partial charge in [-0.1, -0.05) is 31.2 Å². The van der Waals surface area contributed by atoms with Gasteiger partial charge in [-0.2, -0.15) is 5.11 Å². The van der Waals surface area contributed by atoms with E-state index in [9.17, 15) is 9.90 Å². The molecule has 0 amide bonds. The summed E-state index contributed by atoms with van der Waals surface area (Å²) in [6, 6.07) is 5.73. The van der Waals surface area contributed by atoms with Crippen LogP contribution in [0.1, 0.15) is 12.5 Å². The molecule has 1 aromatic carbocycles. The van der Waals surface area contributed by atoms with Gasteiger partial charge in [0.1, 0.15) is 5.70 Å². The van der Waals surface area contributed by atoms with Crippen LogP contribution >= 0.6 is 0 Å². The molecule has 1 aromatic rings. The first-order chi connectivity index (χ1) is 9.18. The lowest BCUT2D eigenvalue weighted by Crippen LogP contribution is -2.32. The summed E-state index contributed by atoms with van der Waals surface area (Å²) in [7, 11) is 0. The van der Waals surface area contributed by atoms with E-state index in [1.807, 2.05) is 31.2 Å². The number of carboxylic acids is 1. The molecule has 2 aliphatic carbocycles. The van der Waals surface area contributed by atoms with Crippen LogP contribution in [-0.4, -0.2) is 11.1 Å². The summed E-state index contributed by atoms with van der Waals surface area (Å²) in [5.74, 6) is -0.816. The summed E-state index contributed by atoms with van der Waals surface area (Å²) in [6.45, 7) is 2.01. The van der Waals surface area contributed by atoms with Crippen molar-refractivity contribution in [3.05, 3.63) is 52.0 Å². The van der Waals surface area contributed by atoms with Gasteiger partial charge < -0.3 is 5.11 Å². The highest BCUT2D eigenvalue weighted by Crippen LogP contribution is 2.37. The number of benzene rings is 1. The molecule has 1 N–H and O–H groups in total. The highest BCUT2D eigenvalue weighted by atomic mass is 16.4. The fraction of sp³-hybridized carbons (Fsp3) is 0.133. The van der Waals surface area contributed by atoms with Gasteiger partial charge in [0, 0.05) is 16.7 Å². The van der Waals surface area contributed by atoms with Crippen molar-refractivity contribution in [2.24, 2.45) is 16.1 Å². The quantitative estimate of drug-likeness (QED) is 0.819. The molecule has 1 aliphatic heterocycles. The topological polar surface area (TPSA) is 62.0 Å². The average Bonchev–Trinajstić information content (AvgIpc) is 2.95. The molecule has 92 valence electrons. The van der Waals surface area contributed by atoms with Crippen molar-refractivity contribution in [2.75, 3.05) is 0 Å². The molecule has 0 aromatic heterocycles. The second kappa shape index (κ2) is 3.29. The minimum Gasteiger partial charge on any atom is -0.478 e. The first-order valence-corrected chi connectivity index (χ1v) is 6.13. The van der Waals surface area contributed by atoms with Crippen LogP contribution in [-0.2, 0) is 4.79 Å². The summed E-state index contributed by atoms with van der Waals surface area (Å²) in [5.41, 5.74) is 4.23. The zero-order chi connectivity index (χ0) is 13.1. The molecule has 19 heavy (non-hydrogen) atoms. The van der Waals surface area contributed by atoms with Crippen molar-refractivity contribution in [3.8, 4) is 0 Å². The van der Waals surface area contributed by atoms with Crippen LogP contribution in [0.2, 0.25) is 0 Å². The smallest absolute Gasteiger partial charge is 0.336 e. The summed E-state index contributed by atoms with van der Waals surface area (Å²) in [6.07, 6.45) is 3.58. The standard InChI is InChI=1S/C15H10N2O2/c1-7-5-10(15(18)19)8-3-2-4-9-13(8)12(7)11-6-16-17-14(9)11/h2-7H,1H3,(H,18,19). The van der Waals surface area contributed by atoms with Gasteiger partial charge >= 0.3 is 5.97 Å². The summed E-state index contributed by atoms with van der Waals surface area (Å²) in [5, 5.41) is 19.5. The van der Waals surface area contributed by atoms with E-state index in [0.29, 0.717) is 5.57 Å². The number of hydrogen-bond acceptors (Lipinski definition) is 3. The largest absolute Gasteiger partial charge is 0.478 e. The third kappa shape index (κ3) is 1.15. The number of rotatable bonds is 1. The van der Waals surface area contributed by atoms with Crippen LogP contribution in [0.25, 0.3) is 16.8 Å². The van der Waals surface area contributed by atoms with E-state index in [2.05, 4.69) is 10.2 Å². The molecule has 0 saturated carbocycles. The van der Waals surface area contributed by atoms with Crippen LogP contribution in [0.5, 0.6) is 0 Å². The highest BCUT2D eigenvalue weighted by molar-refractivity contribution is 6.17. The van der Waals surface area contributed by atoms with Crippen molar-refractivity contribution in [2.45, 2.75) is 6.92 Å². The molecule has 4 rings (SSSR count). The number of azo groups is 1. The maximum Gasteiger partial charge on any atom is 0.336 e. The van der Waals surface area contributed by atoms with Crippen molar-refractivity contribution >= 4 is 22.8 Å². The molecule has 4 heteroatoms. The Kier molecular flexibility index (Phi) is 1.81. The molecule has 0 saturated heterocycles. The summed E-state index contributed by atoms with van der Waals surface area (Å²) >= 11 is 0. The number of nitrogens with zero attached hydrogens (tertiary/aromatic N) is 2. The molecule has 0 bridgehead atoms. The van der Waals surface area contributed by atoms with Crippen molar-refractivity contribution in [3.63, 3.8) is 0 Å². The number of fused-ring (bicyclic) bond motifs is 2. The van der Waals surface area contributed by atoms with E-state index in [1.54, 1.807) is 6.20 Å². The monoisotopic (exact) mass is 250 g/mol. The van der Waals surface area contributed by atoms with Crippen LogP contribution in [0.4, 0.5) is 0 Å². The Labute approximate surface area is 108 Å².